The molecule has 2 heterocycles. The van der Waals surface area contributed by atoms with Crippen LogP contribution in [0, 0.1) is 0 Å². The summed E-state index contributed by atoms with van der Waals surface area (Å²) in [4.78, 5) is -4.36. The van der Waals surface area contributed by atoms with Crippen molar-refractivity contribution in [3.63, 3.8) is 0 Å². The number of anilines is 4. The van der Waals surface area contributed by atoms with Crippen LogP contribution in [0.15, 0.2) is 160 Å². The van der Waals surface area contributed by atoms with Gasteiger partial charge < -0.3 is 21.3 Å². The Hall–Kier alpha value is -7.16. The number of nitrogens with zero attached hydrogens (tertiary/aromatic N) is 4. The van der Waals surface area contributed by atoms with Gasteiger partial charge in [0.05, 0.1) is 34.9 Å². The zero-order chi connectivity index (χ0) is 55.5. The maximum absolute atomic E-state index is 12.7. The lowest BCUT2D eigenvalue weighted by Gasteiger charge is -2.23. The van der Waals surface area contributed by atoms with Gasteiger partial charge in [-0.3, -0.25) is 38.2 Å². The number of hydrogen-bond acceptors (Lipinski definition) is 22. The second-order valence-electron chi connectivity index (χ2n) is 15.6. The molecule has 0 aromatic heterocycles. The molecule has 36 heteroatoms. The van der Waals surface area contributed by atoms with Crippen LogP contribution in [0.2, 0.25) is 0 Å². The van der Waals surface area contributed by atoms with Gasteiger partial charge in [-0.25, -0.2) is 0 Å². The molecule has 76 heavy (non-hydrogen) atoms. The third-order valence-electron chi connectivity index (χ3n) is 10.5. The molecule has 2 aliphatic rings. The molecule has 0 saturated heterocycles. The molecule has 0 radical (unpaired) electrons. The van der Waals surface area contributed by atoms with Crippen molar-refractivity contribution < 1.29 is 77.8 Å². The Morgan fingerprint density at radius 3 is 1.11 bits per heavy atom. The van der Waals surface area contributed by atoms with Crippen molar-refractivity contribution in [2.45, 2.75) is 29.4 Å². The SMILES string of the molecule is O=S(=O)(O)c1cc(NC2=CC(Nc3ccc4c(S(=O)(=O)O)cccc4c3S(=O)(=O)O)=NN(Cl)N2)ccc1C=Cc1ccc(NC2=CC(Nc3ccc4c(S(=O)(=O)O)cccc4c3S(=O)(=O)O)=NN(Cl)N2)cc1S(=O)(=O)O. The van der Waals surface area contributed by atoms with Crippen molar-refractivity contribution in [3.8, 4) is 0 Å². The summed E-state index contributed by atoms with van der Waals surface area (Å²) in [7, 11) is -30.0. The standard InChI is InChI=1S/C40H32Cl2N10O18S6/c41-51-47-35(19-37(49-51)45-29-15-13-25-27(39(29)75(65,66)67)3-1-5-31(25)71(53,54)55)43-23-11-9-21(33(17-23)73(59,60)61)7-8-22-10-12-24(18-34(22)74(62,63)64)44-36-20-38(50-52(42)48-36)46-30-16-14-26-28(40(30)76(68,69)70)4-2-6-32(26)72(56,57)58/h1-20,43-44,47-48H,(H,45,49)(H,46,50)(H,53,54,55)(H,56,57,58)(H,59,60,61)(H,62,63,64)(H,65,66,67)(H,68,69,70). The minimum Gasteiger partial charge on any atom is -0.340 e. The van der Waals surface area contributed by atoms with Crippen LogP contribution in [0.4, 0.5) is 22.7 Å². The van der Waals surface area contributed by atoms with Crippen molar-refractivity contribution in [1.29, 1.82) is 0 Å². The fourth-order valence-electron chi connectivity index (χ4n) is 7.60. The van der Waals surface area contributed by atoms with Crippen LogP contribution in [0.1, 0.15) is 11.1 Å². The Morgan fingerprint density at radius 1 is 0.421 bits per heavy atom. The number of hydrazone groups is 2. The largest absolute Gasteiger partial charge is 0.340 e. The molecule has 400 valence electrons. The Morgan fingerprint density at radius 2 is 0.776 bits per heavy atom. The van der Waals surface area contributed by atoms with Crippen LogP contribution in [0.25, 0.3) is 33.7 Å². The van der Waals surface area contributed by atoms with E-state index >= 15 is 0 Å². The van der Waals surface area contributed by atoms with E-state index in [9.17, 15) is 77.8 Å². The van der Waals surface area contributed by atoms with Crippen molar-refractivity contribution in [2.24, 2.45) is 10.2 Å². The van der Waals surface area contributed by atoms with E-state index in [1.807, 2.05) is 0 Å². The summed E-state index contributed by atoms with van der Waals surface area (Å²) in [5, 5.41) is 17.6. The topological polar surface area (TPSA) is 430 Å². The fraction of sp³-hybridized carbons (Fsp3) is 0. The molecule has 0 amide bonds. The maximum Gasteiger partial charge on any atom is 0.297 e. The number of hydrogen-bond donors (Lipinski definition) is 12. The van der Waals surface area contributed by atoms with Crippen LogP contribution in [-0.4, -0.2) is 98.8 Å². The monoisotopic (exact) mass is 1200 g/mol. The number of nitrogens with one attached hydrogen (secondary N) is 6. The van der Waals surface area contributed by atoms with E-state index in [0.717, 1.165) is 72.8 Å². The van der Waals surface area contributed by atoms with Crippen molar-refractivity contribution >= 4 is 152 Å². The molecule has 0 spiro atoms. The Balaban J connectivity index is 1.04. The summed E-state index contributed by atoms with van der Waals surface area (Å²) in [6.45, 7) is 0. The summed E-state index contributed by atoms with van der Waals surface area (Å²) in [5.74, 6) is -0.590. The first-order valence-electron chi connectivity index (χ1n) is 20.3. The van der Waals surface area contributed by atoms with Gasteiger partial charge in [-0.05, 0) is 59.7 Å². The first-order chi connectivity index (χ1) is 35.2. The molecule has 0 saturated carbocycles. The summed E-state index contributed by atoms with van der Waals surface area (Å²) in [6, 6.07) is 18.0. The van der Waals surface area contributed by atoms with E-state index < -0.39 is 90.1 Å². The summed E-state index contributed by atoms with van der Waals surface area (Å²) < 4.78 is 211. The first-order valence-corrected chi connectivity index (χ1v) is 29.6. The average Bonchev–Trinajstić information content (AvgIpc) is 3.28. The van der Waals surface area contributed by atoms with E-state index in [-0.39, 0.29) is 78.7 Å². The Kier molecular flexibility index (Phi) is 14.6. The van der Waals surface area contributed by atoms with Gasteiger partial charge in [0.1, 0.15) is 41.0 Å². The molecule has 0 atom stereocenters. The summed E-state index contributed by atoms with van der Waals surface area (Å²) in [6.07, 6.45) is 4.57. The third-order valence-corrected chi connectivity index (χ3v) is 16.4. The maximum atomic E-state index is 12.7. The second-order valence-corrected chi connectivity index (χ2v) is 24.5. The summed E-state index contributed by atoms with van der Waals surface area (Å²) >= 11 is 12.3. The lowest BCUT2D eigenvalue weighted by molar-refractivity contribution is 0.394. The van der Waals surface area contributed by atoms with Gasteiger partial charge in [0.15, 0.2) is 11.7 Å². The van der Waals surface area contributed by atoms with E-state index in [0.29, 0.717) is 9.27 Å². The van der Waals surface area contributed by atoms with E-state index in [4.69, 9.17) is 23.6 Å². The third kappa shape index (κ3) is 12.2. The number of benzene rings is 6. The van der Waals surface area contributed by atoms with Gasteiger partial charge in [-0.2, -0.15) is 50.5 Å². The molecule has 0 unspecified atom stereocenters. The van der Waals surface area contributed by atoms with E-state index in [2.05, 4.69) is 42.3 Å². The molecule has 2 aliphatic heterocycles. The van der Waals surface area contributed by atoms with Crippen LogP contribution in [-0.2, 0) is 60.7 Å². The van der Waals surface area contributed by atoms with Gasteiger partial charge in [0.2, 0.25) is 0 Å². The number of rotatable bonds is 14. The Labute approximate surface area is 440 Å². The van der Waals surface area contributed by atoms with Gasteiger partial charge >= 0.3 is 0 Å². The molecule has 0 fully saturated rings. The van der Waals surface area contributed by atoms with Gasteiger partial charge in [0, 0.05) is 45.1 Å². The number of hydrazine groups is 2. The normalized spacial score (nSPS) is 14.8. The predicted octanol–water partition coefficient (Wildman–Crippen LogP) is 4.95. The van der Waals surface area contributed by atoms with Gasteiger partial charge in [-0.15, -0.1) is 19.5 Å². The quantitative estimate of drug-likeness (QED) is 0.0390. The summed E-state index contributed by atoms with van der Waals surface area (Å²) in [5.41, 5.74) is 3.93. The Bertz CT molecular complexity index is 4080. The highest BCUT2D eigenvalue weighted by atomic mass is 35.5. The van der Waals surface area contributed by atoms with Crippen molar-refractivity contribution in [1.82, 2.24) is 20.1 Å². The van der Waals surface area contributed by atoms with Crippen LogP contribution >= 0.6 is 23.6 Å². The zero-order valence-electron chi connectivity index (χ0n) is 37.1. The van der Waals surface area contributed by atoms with Crippen molar-refractivity contribution in [3.05, 3.63) is 132 Å². The molecule has 8 rings (SSSR count). The predicted molar refractivity (Wildman–Crippen MR) is 276 cm³/mol. The minimum absolute atomic E-state index is 0.0408. The lowest BCUT2D eigenvalue weighted by Crippen LogP contribution is -2.35. The highest BCUT2D eigenvalue weighted by molar-refractivity contribution is 7.87. The second kappa shape index (κ2) is 20.1. The van der Waals surface area contributed by atoms with E-state index in [1.165, 1.54) is 48.6 Å². The number of halogens is 2. The number of amidine groups is 2. The van der Waals surface area contributed by atoms with Crippen LogP contribution < -0.4 is 32.1 Å². The molecule has 28 nitrogen and oxygen atoms in total. The molecule has 0 aliphatic carbocycles. The molecule has 6 aromatic rings. The molecule has 6 aromatic carbocycles. The lowest BCUT2D eigenvalue weighted by atomic mass is 10.1. The van der Waals surface area contributed by atoms with Crippen LogP contribution in [0.5, 0.6) is 0 Å². The fourth-order valence-corrected chi connectivity index (χ4v) is 12.5. The molecular formula is C40H32Cl2N10O18S6. The first kappa shape index (κ1) is 55.1. The molecular weight excluding hydrogens is 1170 g/mol. The molecule has 0 bridgehead atoms. The van der Waals surface area contributed by atoms with E-state index in [1.54, 1.807) is 0 Å². The molecule has 12 N–H and O–H groups in total. The highest BCUT2D eigenvalue weighted by Crippen LogP contribution is 2.36. The minimum atomic E-state index is -5.11. The zero-order valence-corrected chi connectivity index (χ0v) is 43.5. The van der Waals surface area contributed by atoms with Gasteiger partial charge in [0.25, 0.3) is 60.7 Å². The smallest absolute Gasteiger partial charge is 0.297 e. The van der Waals surface area contributed by atoms with Crippen molar-refractivity contribution in [2.75, 3.05) is 21.3 Å². The van der Waals surface area contributed by atoms with Gasteiger partial charge in [-0.1, -0.05) is 60.7 Å². The number of fused-ring (bicyclic) bond motifs is 2. The van der Waals surface area contributed by atoms with Crippen LogP contribution in [0.3, 0.4) is 0 Å². The average molecular weight is 1200 g/mol. The highest BCUT2D eigenvalue weighted by Gasteiger charge is 2.28.